The molecular formula is C6H7F3N2O4S. The van der Waals surface area contributed by atoms with Crippen LogP contribution < -0.4 is 11.1 Å². The predicted molar refractivity (Wildman–Crippen MR) is 48.4 cm³/mol. The summed E-state index contributed by atoms with van der Waals surface area (Å²) in [6.07, 6.45) is 0. The van der Waals surface area contributed by atoms with Crippen LogP contribution in [0.5, 0.6) is 0 Å². The lowest BCUT2D eigenvalue weighted by atomic mass is 10.3. The first-order chi connectivity index (χ1) is 7.24. The smallest absolute Gasteiger partial charge is 0.295 e. The SMILES string of the molecule is FNNc1ccc(F)c(F)c1.O=S(=O)(O)O. The maximum Gasteiger partial charge on any atom is 0.394 e. The molecule has 0 fully saturated rings. The summed E-state index contributed by atoms with van der Waals surface area (Å²) in [5.74, 6) is -1.99. The van der Waals surface area contributed by atoms with Crippen molar-refractivity contribution in [1.82, 2.24) is 5.65 Å². The van der Waals surface area contributed by atoms with Crippen LogP contribution in [0.1, 0.15) is 0 Å². The molecule has 1 aromatic carbocycles. The van der Waals surface area contributed by atoms with E-state index in [4.69, 9.17) is 17.5 Å². The van der Waals surface area contributed by atoms with Gasteiger partial charge in [-0.3, -0.25) is 14.5 Å². The standard InChI is InChI=1S/C6H5F3N2.H2O4S/c7-5-2-1-4(10-11-9)3-6(5)8;1-5(2,3)4/h1-3,10-11H;(H2,1,2,3,4). The highest BCUT2D eigenvalue weighted by Crippen LogP contribution is 2.11. The number of hydrazine groups is 1. The van der Waals surface area contributed by atoms with Crippen LogP contribution in [0.4, 0.5) is 18.9 Å². The highest BCUT2D eigenvalue weighted by molar-refractivity contribution is 7.79. The average Bonchev–Trinajstić information content (AvgIpc) is 2.09. The molecule has 0 bridgehead atoms. The van der Waals surface area contributed by atoms with Crippen LogP contribution in [0.25, 0.3) is 0 Å². The number of nitrogens with one attached hydrogen (secondary N) is 2. The molecule has 0 aromatic heterocycles. The van der Waals surface area contributed by atoms with Crippen molar-refractivity contribution in [3.8, 4) is 0 Å². The molecule has 0 aliphatic carbocycles. The fourth-order valence-corrected chi connectivity index (χ4v) is 0.628. The first-order valence-corrected chi connectivity index (χ1v) is 4.90. The molecule has 0 aliphatic rings. The van der Waals surface area contributed by atoms with Crippen LogP contribution in [0.3, 0.4) is 0 Å². The van der Waals surface area contributed by atoms with Gasteiger partial charge in [0.05, 0.1) is 5.69 Å². The van der Waals surface area contributed by atoms with Crippen molar-refractivity contribution in [2.75, 3.05) is 5.43 Å². The van der Waals surface area contributed by atoms with Gasteiger partial charge in [0.1, 0.15) is 0 Å². The molecule has 0 spiro atoms. The quantitative estimate of drug-likeness (QED) is 0.361. The number of hydrogen-bond acceptors (Lipinski definition) is 4. The molecule has 6 nitrogen and oxygen atoms in total. The Kier molecular flexibility index (Phi) is 5.74. The van der Waals surface area contributed by atoms with Crippen LogP contribution in [0.15, 0.2) is 18.2 Å². The molecule has 0 saturated heterocycles. The molecule has 0 atom stereocenters. The summed E-state index contributed by atoms with van der Waals surface area (Å²) in [6, 6.07) is 2.93. The van der Waals surface area contributed by atoms with Gasteiger partial charge in [0.2, 0.25) is 0 Å². The normalized spacial score (nSPS) is 10.3. The molecule has 92 valence electrons. The molecular weight excluding hydrogens is 253 g/mol. The van der Waals surface area contributed by atoms with E-state index in [9.17, 15) is 13.3 Å². The van der Waals surface area contributed by atoms with Gasteiger partial charge in [0, 0.05) is 6.07 Å². The minimum Gasteiger partial charge on any atom is -0.295 e. The van der Waals surface area contributed by atoms with E-state index in [-0.39, 0.29) is 5.69 Å². The molecule has 0 unspecified atom stereocenters. The number of hydrogen-bond donors (Lipinski definition) is 4. The highest BCUT2D eigenvalue weighted by atomic mass is 32.3. The third-order valence-corrected chi connectivity index (χ3v) is 1.11. The summed E-state index contributed by atoms with van der Waals surface area (Å²) in [6.45, 7) is 0. The van der Waals surface area contributed by atoms with Gasteiger partial charge < -0.3 is 0 Å². The zero-order valence-corrected chi connectivity index (χ0v) is 8.30. The van der Waals surface area contributed by atoms with Gasteiger partial charge in [-0.05, 0) is 12.1 Å². The fourth-order valence-electron chi connectivity index (χ4n) is 0.628. The maximum absolute atomic E-state index is 12.3. The second-order valence-corrected chi connectivity index (χ2v) is 3.19. The first kappa shape index (κ1) is 14.6. The van der Waals surface area contributed by atoms with Crippen LogP contribution in [0.2, 0.25) is 0 Å². The Morgan fingerprint density at radius 2 is 1.62 bits per heavy atom. The number of benzene rings is 1. The Morgan fingerprint density at radius 1 is 1.12 bits per heavy atom. The van der Waals surface area contributed by atoms with E-state index in [1.165, 1.54) is 6.07 Å². The van der Waals surface area contributed by atoms with Gasteiger partial charge in [0.25, 0.3) is 0 Å². The Bertz CT molecular complexity index is 431. The first-order valence-electron chi connectivity index (χ1n) is 3.50. The lowest BCUT2D eigenvalue weighted by Crippen LogP contribution is -2.10. The van der Waals surface area contributed by atoms with Gasteiger partial charge >= 0.3 is 10.4 Å². The molecule has 0 amide bonds. The largest absolute Gasteiger partial charge is 0.394 e. The van der Waals surface area contributed by atoms with E-state index in [0.717, 1.165) is 17.8 Å². The van der Waals surface area contributed by atoms with Crippen molar-refractivity contribution >= 4 is 16.1 Å². The third-order valence-electron chi connectivity index (χ3n) is 1.11. The van der Waals surface area contributed by atoms with Crippen molar-refractivity contribution in [2.45, 2.75) is 0 Å². The van der Waals surface area contributed by atoms with Gasteiger partial charge in [0.15, 0.2) is 11.6 Å². The lowest BCUT2D eigenvalue weighted by molar-refractivity contribution is 0.375. The van der Waals surface area contributed by atoms with E-state index in [2.05, 4.69) is 0 Å². The van der Waals surface area contributed by atoms with Crippen LogP contribution >= 0.6 is 0 Å². The van der Waals surface area contributed by atoms with Gasteiger partial charge in [-0.1, -0.05) is 5.65 Å². The maximum atomic E-state index is 12.3. The third kappa shape index (κ3) is 7.99. The van der Waals surface area contributed by atoms with Crippen molar-refractivity contribution in [3.05, 3.63) is 29.8 Å². The Balaban J connectivity index is 0.000000385. The predicted octanol–water partition coefficient (Wildman–Crippen LogP) is 1.11. The second kappa shape index (κ2) is 6.27. The van der Waals surface area contributed by atoms with Crippen molar-refractivity contribution in [3.63, 3.8) is 0 Å². The second-order valence-electron chi connectivity index (χ2n) is 2.30. The van der Waals surface area contributed by atoms with E-state index in [1.54, 1.807) is 0 Å². The van der Waals surface area contributed by atoms with E-state index < -0.39 is 22.0 Å². The van der Waals surface area contributed by atoms with Crippen molar-refractivity contribution < 1.29 is 30.8 Å². The molecule has 1 aromatic rings. The summed E-state index contributed by atoms with van der Waals surface area (Å²) in [7, 11) is -4.67. The van der Waals surface area contributed by atoms with Crippen LogP contribution in [-0.2, 0) is 10.4 Å². The Hall–Kier alpha value is -1.36. The molecule has 10 heteroatoms. The number of halogens is 3. The van der Waals surface area contributed by atoms with Crippen LogP contribution in [0, 0.1) is 11.6 Å². The van der Waals surface area contributed by atoms with E-state index in [0.29, 0.717) is 0 Å². The minimum absolute atomic E-state index is 0.117. The molecule has 16 heavy (non-hydrogen) atoms. The summed E-state index contributed by atoms with van der Waals surface area (Å²) < 4.78 is 67.5. The Morgan fingerprint density at radius 3 is 2.00 bits per heavy atom. The minimum atomic E-state index is -4.67. The van der Waals surface area contributed by atoms with Gasteiger partial charge in [-0.15, -0.1) is 4.48 Å². The van der Waals surface area contributed by atoms with Crippen molar-refractivity contribution in [1.29, 1.82) is 0 Å². The zero-order valence-electron chi connectivity index (χ0n) is 7.49. The van der Waals surface area contributed by atoms with Crippen LogP contribution in [-0.4, -0.2) is 17.5 Å². The van der Waals surface area contributed by atoms with E-state index >= 15 is 0 Å². The Labute approximate surface area is 88.6 Å². The number of rotatable bonds is 2. The molecule has 0 saturated carbocycles. The lowest BCUT2D eigenvalue weighted by Gasteiger charge is -2.00. The fraction of sp³-hybridized carbons (Fsp3) is 0. The number of anilines is 1. The summed E-state index contributed by atoms with van der Waals surface area (Å²) in [5.41, 5.74) is 3.16. The van der Waals surface area contributed by atoms with Gasteiger partial charge in [-0.2, -0.15) is 8.42 Å². The molecule has 4 N–H and O–H groups in total. The molecule has 0 aliphatic heterocycles. The monoisotopic (exact) mass is 260 g/mol. The zero-order chi connectivity index (χ0) is 12.8. The summed E-state index contributed by atoms with van der Waals surface area (Å²) in [5, 5.41) is 0. The molecule has 1 rings (SSSR count). The average molecular weight is 260 g/mol. The summed E-state index contributed by atoms with van der Waals surface area (Å²) >= 11 is 0. The van der Waals surface area contributed by atoms with Crippen molar-refractivity contribution in [2.24, 2.45) is 0 Å². The van der Waals surface area contributed by atoms with Gasteiger partial charge in [-0.25, -0.2) is 8.78 Å². The molecule has 0 heterocycles. The topological polar surface area (TPSA) is 98.7 Å². The summed E-state index contributed by atoms with van der Waals surface area (Å²) in [4.78, 5) is 0. The van der Waals surface area contributed by atoms with E-state index in [1.807, 2.05) is 5.43 Å². The molecule has 0 radical (unpaired) electrons. The highest BCUT2D eigenvalue weighted by Gasteiger charge is 2.00.